The molecule has 3 aromatic carbocycles. The van der Waals surface area contributed by atoms with Gasteiger partial charge in [-0.25, -0.2) is 0 Å². The molecule has 0 bridgehead atoms. The van der Waals surface area contributed by atoms with E-state index in [9.17, 15) is 9.59 Å². The molecule has 1 aliphatic heterocycles. The number of hydrogen-bond acceptors (Lipinski definition) is 3. The van der Waals surface area contributed by atoms with Gasteiger partial charge in [0.2, 0.25) is 0 Å². The zero-order chi connectivity index (χ0) is 19.5. The Morgan fingerprint density at radius 3 is 2.29 bits per heavy atom. The van der Waals surface area contributed by atoms with Gasteiger partial charge in [0.15, 0.2) is 0 Å². The van der Waals surface area contributed by atoms with Gasteiger partial charge in [0.25, 0.3) is 11.8 Å². The maximum Gasteiger partial charge on any atom is 0.258 e. The Morgan fingerprint density at radius 2 is 1.57 bits per heavy atom. The summed E-state index contributed by atoms with van der Waals surface area (Å²) in [6.45, 7) is 0.666. The van der Waals surface area contributed by atoms with Crippen LogP contribution in [-0.2, 0) is 6.42 Å². The lowest BCUT2D eigenvalue weighted by molar-refractivity contribution is 0.0986. The molecule has 0 aromatic heterocycles. The summed E-state index contributed by atoms with van der Waals surface area (Å²) in [6, 6.07) is 23.2. The maximum absolute atomic E-state index is 12.8. The first-order valence-corrected chi connectivity index (χ1v) is 8.97. The van der Waals surface area contributed by atoms with Crippen LogP contribution in [-0.4, -0.2) is 18.4 Å². The standard InChI is InChI=1S/C23H17N3O2/c24-15-16-5-11-20(12-6-16)25-22(27)18-7-9-19(10-8-18)23(28)26-14-13-17-3-1-2-4-21(17)26/h1-12H,13-14H2,(H,25,27). The van der Waals surface area contributed by atoms with E-state index in [1.807, 2.05) is 30.3 Å². The number of nitrogens with one attached hydrogen (secondary N) is 1. The van der Waals surface area contributed by atoms with Crippen LogP contribution in [0.5, 0.6) is 0 Å². The van der Waals surface area contributed by atoms with Gasteiger partial charge in [-0.05, 0) is 66.6 Å². The van der Waals surface area contributed by atoms with Crippen LogP contribution in [0.3, 0.4) is 0 Å². The van der Waals surface area contributed by atoms with Crippen LogP contribution in [0.15, 0.2) is 72.8 Å². The number of carbonyl (C=O) groups excluding carboxylic acids is 2. The highest BCUT2D eigenvalue weighted by Crippen LogP contribution is 2.28. The minimum absolute atomic E-state index is 0.0657. The Kier molecular flexibility index (Phi) is 4.61. The molecule has 0 fully saturated rings. The third-order valence-electron chi connectivity index (χ3n) is 4.80. The number of rotatable bonds is 3. The lowest BCUT2D eigenvalue weighted by Gasteiger charge is -2.17. The predicted octanol–water partition coefficient (Wildman–Crippen LogP) is 4.01. The Bertz CT molecular complexity index is 1080. The number of nitriles is 1. The van der Waals surface area contributed by atoms with Crippen molar-refractivity contribution in [3.05, 3.63) is 95.1 Å². The van der Waals surface area contributed by atoms with Crippen molar-refractivity contribution in [1.29, 1.82) is 5.26 Å². The topological polar surface area (TPSA) is 73.2 Å². The third kappa shape index (κ3) is 3.36. The fraction of sp³-hybridized carbons (Fsp3) is 0.0870. The van der Waals surface area contributed by atoms with Crippen molar-refractivity contribution < 1.29 is 9.59 Å². The quantitative estimate of drug-likeness (QED) is 0.760. The Morgan fingerprint density at radius 1 is 0.893 bits per heavy atom. The van der Waals surface area contributed by atoms with E-state index in [4.69, 9.17) is 5.26 Å². The smallest absolute Gasteiger partial charge is 0.258 e. The monoisotopic (exact) mass is 367 g/mol. The van der Waals surface area contributed by atoms with E-state index in [1.165, 1.54) is 5.56 Å². The van der Waals surface area contributed by atoms with Crippen LogP contribution in [0.25, 0.3) is 0 Å². The molecule has 136 valence electrons. The molecule has 0 spiro atoms. The van der Waals surface area contributed by atoms with Crippen LogP contribution in [0.4, 0.5) is 11.4 Å². The number of para-hydroxylation sites is 1. The van der Waals surface area contributed by atoms with Crippen molar-refractivity contribution >= 4 is 23.2 Å². The summed E-state index contributed by atoms with van der Waals surface area (Å²) in [5.74, 6) is -0.334. The maximum atomic E-state index is 12.8. The zero-order valence-corrected chi connectivity index (χ0v) is 15.1. The Hall–Kier alpha value is -3.91. The molecule has 3 aromatic rings. The molecule has 0 radical (unpaired) electrons. The fourth-order valence-electron chi connectivity index (χ4n) is 3.30. The number of benzene rings is 3. The van der Waals surface area contributed by atoms with Gasteiger partial charge in [-0.1, -0.05) is 18.2 Å². The number of fused-ring (bicyclic) bond motifs is 1. The molecule has 5 nitrogen and oxygen atoms in total. The van der Waals surface area contributed by atoms with E-state index in [2.05, 4.69) is 5.32 Å². The zero-order valence-electron chi connectivity index (χ0n) is 15.1. The average molecular weight is 367 g/mol. The van der Waals surface area contributed by atoms with E-state index in [-0.39, 0.29) is 11.8 Å². The highest BCUT2D eigenvalue weighted by Gasteiger charge is 2.25. The molecule has 4 rings (SSSR count). The van der Waals surface area contributed by atoms with Crippen molar-refractivity contribution in [1.82, 2.24) is 0 Å². The Balaban J connectivity index is 1.47. The van der Waals surface area contributed by atoms with E-state index < -0.39 is 0 Å². The number of hydrogen-bond donors (Lipinski definition) is 1. The van der Waals surface area contributed by atoms with Crippen LogP contribution >= 0.6 is 0 Å². The molecular formula is C23H17N3O2. The second kappa shape index (κ2) is 7.37. The van der Waals surface area contributed by atoms with E-state index in [1.54, 1.807) is 53.4 Å². The van der Waals surface area contributed by atoms with Gasteiger partial charge in [-0.2, -0.15) is 5.26 Å². The van der Waals surface area contributed by atoms with Crippen molar-refractivity contribution in [3.63, 3.8) is 0 Å². The molecule has 2 amide bonds. The molecule has 0 saturated heterocycles. The van der Waals surface area contributed by atoms with Gasteiger partial charge in [0.05, 0.1) is 11.6 Å². The van der Waals surface area contributed by atoms with E-state index in [0.29, 0.717) is 28.9 Å². The Labute approximate surface area is 162 Å². The molecule has 28 heavy (non-hydrogen) atoms. The molecule has 0 aliphatic carbocycles. The van der Waals surface area contributed by atoms with Gasteiger partial charge in [0.1, 0.15) is 0 Å². The first-order chi connectivity index (χ1) is 13.7. The van der Waals surface area contributed by atoms with Gasteiger partial charge in [0, 0.05) is 29.0 Å². The van der Waals surface area contributed by atoms with Crippen molar-refractivity contribution in [3.8, 4) is 6.07 Å². The highest BCUT2D eigenvalue weighted by atomic mass is 16.2. The number of anilines is 2. The lowest BCUT2D eigenvalue weighted by Crippen LogP contribution is -2.28. The van der Waals surface area contributed by atoms with E-state index >= 15 is 0 Å². The molecule has 1 N–H and O–H groups in total. The van der Waals surface area contributed by atoms with Gasteiger partial charge in [-0.15, -0.1) is 0 Å². The van der Waals surface area contributed by atoms with Crippen molar-refractivity contribution in [2.75, 3.05) is 16.8 Å². The first-order valence-electron chi connectivity index (χ1n) is 8.97. The van der Waals surface area contributed by atoms with Gasteiger partial charge < -0.3 is 10.2 Å². The highest BCUT2D eigenvalue weighted by molar-refractivity contribution is 6.09. The van der Waals surface area contributed by atoms with Crippen LogP contribution < -0.4 is 10.2 Å². The minimum Gasteiger partial charge on any atom is -0.322 e. The molecule has 0 unspecified atom stereocenters. The number of amides is 2. The first kappa shape index (κ1) is 17.5. The largest absolute Gasteiger partial charge is 0.322 e. The number of carbonyl (C=O) groups is 2. The SMILES string of the molecule is N#Cc1ccc(NC(=O)c2ccc(C(=O)N3CCc4ccccc43)cc2)cc1. The molecular weight excluding hydrogens is 350 g/mol. The second-order valence-corrected chi connectivity index (χ2v) is 6.56. The molecule has 1 heterocycles. The summed E-state index contributed by atoms with van der Waals surface area (Å²) in [4.78, 5) is 27.0. The summed E-state index contributed by atoms with van der Waals surface area (Å²) >= 11 is 0. The lowest BCUT2D eigenvalue weighted by atomic mass is 10.1. The molecule has 0 saturated carbocycles. The normalized spacial score (nSPS) is 12.2. The summed E-state index contributed by atoms with van der Waals surface area (Å²) in [7, 11) is 0. The predicted molar refractivity (Wildman–Crippen MR) is 107 cm³/mol. The molecule has 1 aliphatic rings. The summed E-state index contributed by atoms with van der Waals surface area (Å²) in [5, 5.41) is 11.6. The van der Waals surface area contributed by atoms with Gasteiger partial charge in [-0.3, -0.25) is 9.59 Å². The minimum atomic E-state index is -0.268. The summed E-state index contributed by atoms with van der Waals surface area (Å²) < 4.78 is 0. The molecule has 0 atom stereocenters. The van der Waals surface area contributed by atoms with E-state index in [0.717, 1.165) is 12.1 Å². The molecule has 5 heteroatoms. The average Bonchev–Trinajstić information content (AvgIpc) is 3.18. The van der Waals surface area contributed by atoms with Crippen LogP contribution in [0.2, 0.25) is 0 Å². The third-order valence-corrected chi connectivity index (χ3v) is 4.80. The number of nitrogens with zero attached hydrogens (tertiary/aromatic N) is 2. The fourth-order valence-corrected chi connectivity index (χ4v) is 3.30. The van der Waals surface area contributed by atoms with Crippen LogP contribution in [0, 0.1) is 11.3 Å². The summed E-state index contributed by atoms with van der Waals surface area (Å²) in [5.41, 5.74) is 4.28. The second-order valence-electron chi connectivity index (χ2n) is 6.56. The van der Waals surface area contributed by atoms with Crippen molar-refractivity contribution in [2.45, 2.75) is 6.42 Å². The van der Waals surface area contributed by atoms with Crippen molar-refractivity contribution in [2.24, 2.45) is 0 Å². The van der Waals surface area contributed by atoms with Crippen LogP contribution in [0.1, 0.15) is 31.8 Å². The van der Waals surface area contributed by atoms with Gasteiger partial charge >= 0.3 is 0 Å². The summed E-state index contributed by atoms with van der Waals surface area (Å²) in [6.07, 6.45) is 0.854.